The quantitative estimate of drug-likeness (QED) is 0.715. The zero-order valence-corrected chi connectivity index (χ0v) is 13.7. The molecule has 0 aliphatic rings. The molecule has 0 saturated heterocycles. The van der Waals surface area contributed by atoms with Gasteiger partial charge in [0.1, 0.15) is 24.3 Å². The number of carbonyl (C=O) groups excluding carboxylic acids is 2. The Kier molecular flexibility index (Phi) is 6.47. The molecule has 6 nitrogen and oxygen atoms in total. The summed E-state index contributed by atoms with van der Waals surface area (Å²) in [5.41, 5.74) is 0.873. The van der Waals surface area contributed by atoms with Crippen molar-refractivity contribution in [3.63, 3.8) is 0 Å². The van der Waals surface area contributed by atoms with Gasteiger partial charge in [-0.25, -0.2) is 4.39 Å². The highest BCUT2D eigenvalue weighted by Gasteiger charge is 2.10. The Labute approximate surface area is 144 Å². The molecular formula is C18H19FN2O4. The van der Waals surface area contributed by atoms with E-state index in [1.807, 2.05) is 0 Å². The Morgan fingerprint density at radius 1 is 1.20 bits per heavy atom. The van der Waals surface area contributed by atoms with E-state index >= 15 is 0 Å². The maximum absolute atomic E-state index is 12.8. The lowest BCUT2D eigenvalue weighted by Crippen LogP contribution is -2.35. The van der Waals surface area contributed by atoms with E-state index in [4.69, 9.17) is 4.74 Å². The summed E-state index contributed by atoms with van der Waals surface area (Å²) in [5, 5.41) is 15.0. The van der Waals surface area contributed by atoms with Crippen LogP contribution in [0.2, 0.25) is 0 Å². The van der Waals surface area contributed by atoms with Crippen LogP contribution in [-0.4, -0.2) is 36.2 Å². The predicted octanol–water partition coefficient (Wildman–Crippen LogP) is 1.95. The van der Waals surface area contributed by atoms with Crippen LogP contribution in [0.5, 0.6) is 5.75 Å². The fourth-order valence-corrected chi connectivity index (χ4v) is 2.04. The number of hydrogen-bond donors (Lipinski definition) is 3. The standard InChI is InChI=1S/C18H19FN2O4/c1-12(22)21-15-4-2-3-13(9-15)18(24)20-10-16(23)11-25-17-7-5-14(19)6-8-17/h2-9,16,23H,10-11H2,1H3,(H,20,24)(H,21,22)/t16-/m0/s1. The second-order valence-corrected chi connectivity index (χ2v) is 5.39. The molecule has 0 saturated carbocycles. The Hall–Kier alpha value is -2.93. The summed E-state index contributed by atoms with van der Waals surface area (Å²) in [7, 11) is 0. The Morgan fingerprint density at radius 3 is 2.60 bits per heavy atom. The normalized spacial score (nSPS) is 11.5. The van der Waals surface area contributed by atoms with Crippen LogP contribution in [0.1, 0.15) is 17.3 Å². The Morgan fingerprint density at radius 2 is 1.92 bits per heavy atom. The summed E-state index contributed by atoms with van der Waals surface area (Å²) >= 11 is 0. The van der Waals surface area contributed by atoms with Crippen LogP contribution in [0.15, 0.2) is 48.5 Å². The second-order valence-electron chi connectivity index (χ2n) is 5.39. The van der Waals surface area contributed by atoms with E-state index < -0.39 is 6.10 Å². The smallest absolute Gasteiger partial charge is 0.251 e. The molecule has 0 heterocycles. The minimum Gasteiger partial charge on any atom is -0.491 e. The van der Waals surface area contributed by atoms with E-state index in [0.29, 0.717) is 17.0 Å². The fraction of sp³-hybridized carbons (Fsp3) is 0.222. The number of hydrogen-bond acceptors (Lipinski definition) is 4. The van der Waals surface area contributed by atoms with Gasteiger partial charge in [0.2, 0.25) is 5.91 Å². The van der Waals surface area contributed by atoms with E-state index in [9.17, 15) is 19.1 Å². The Balaban J connectivity index is 1.80. The van der Waals surface area contributed by atoms with Crippen molar-refractivity contribution >= 4 is 17.5 Å². The molecule has 2 aromatic carbocycles. The maximum atomic E-state index is 12.8. The average Bonchev–Trinajstić information content (AvgIpc) is 2.59. The number of carbonyl (C=O) groups is 2. The number of rotatable bonds is 7. The van der Waals surface area contributed by atoms with Crippen LogP contribution in [0.3, 0.4) is 0 Å². The number of nitrogens with one attached hydrogen (secondary N) is 2. The van der Waals surface area contributed by atoms with Gasteiger partial charge in [0.05, 0.1) is 0 Å². The lowest BCUT2D eigenvalue weighted by molar-refractivity contribution is -0.114. The molecule has 0 aromatic heterocycles. The minimum atomic E-state index is -0.924. The first-order valence-corrected chi connectivity index (χ1v) is 7.66. The zero-order valence-electron chi connectivity index (χ0n) is 13.7. The SMILES string of the molecule is CC(=O)Nc1cccc(C(=O)NC[C@H](O)COc2ccc(F)cc2)c1. The number of ether oxygens (including phenoxy) is 1. The lowest BCUT2D eigenvalue weighted by atomic mass is 10.2. The van der Waals surface area contributed by atoms with Gasteiger partial charge in [-0.2, -0.15) is 0 Å². The molecule has 0 aliphatic heterocycles. The van der Waals surface area contributed by atoms with Crippen molar-refractivity contribution in [2.45, 2.75) is 13.0 Å². The molecule has 1 atom stereocenters. The highest BCUT2D eigenvalue weighted by molar-refractivity contribution is 5.96. The van der Waals surface area contributed by atoms with Gasteiger partial charge in [-0.15, -0.1) is 0 Å². The van der Waals surface area contributed by atoms with Gasteiger partial charge in [-0.05, 0) is 42.5 Å². The van der Waals surface area contributed by atoms with E-state index in [1.165, 1.54) is 37.3 Å². The molecule has 0 bridgehead atoms. The van der Waals surface area contributed by atoms with Gasteiger partial charge in [0, 0.05) is 24.7 Å². The van der Waals surface area contributed by atoms with Crippen LogP contribution >= 0.6 is 0 Å². The first-order chi connectivity index (χ1) is 11.9. The average molecular weight is 346 g/mol. The highest BCUT2D eigenvalue weighted by Crippen LogP contribution is 2.12. The topological polar surface area (TPSA) is 87.7 Å². The highest BCUT2D eigenvalue weighted by atomic mass is 19.1. The maximum Gasteiger partial charge on any atom is 0.251 e. The third-order valence-corrected chi connectivity index (χ3v) is 3.20. The van der Waals surface area contributed by atoms with Gasteiger partial charge in [0.15, 0.2) is 0 Å². The Bertz CT molecular complexity index is 734. The number of aliphatic hydroxyl groups excluding tert-OH is 1. The van der Waals surface area contributed by atoms with Crippen LogP contribution in [0.4, 0.5) is 10.1 Å². The molecule has 25 heavy (non-hydrogen) atoms. The van der Waals surface area contributed by atoms with E-state index in [-0.39, 0.29) is 30.8 Å². The molecule has 7 heteroatoms. The number of anilines is 1. The molecule has 2 rings (SSSR count). The molecule has 132 valence electrons. The van der Waals surface area contributed by atoms with Crippen molar-refractivity contribution < 1.29 is 23.8 Å². The molecule has 2 aromatic rings. The van der Waals surface area contributed by atoms with Crippen LogP contribution in [-0.2, 0) is 4.79 Å². The lowest BCUT2D eigenvalue weighted by Gasteiger charge is -2.13. The molecule has 0 radical (unpaired) electrons. The summed E-state index contributed by atoms with van der Waals surface area (Å²) in [5.74, 6) is -0.560. The molecule has 0 fully saturated rings. The summed E-state index contributed by atoms with van der Waals surface area (Å²) in [6.45, 7) is 1.33. The largest absolute Gasteiger partial charge is 0.491 e. The third kappa shape index (κ3) is 6.23. The van der Waals surface area contributed by atoms with Crippen LogP contribution < -0.4 is 15.4 Å². The van der Waals surface area contributed by atoms with Gasteiger partial charge >= 0.3 is 0 Å². The molecule has 0 unspecified atom stereocenters. The van der Waals surface area contributed by atoms with E-state index in [1.54, 1.807) is 18.2 Å². The second kappa shape index (κ2) is 8.79. The fourth-order valence-electron chi connectivity index (χ4n) is 2.04. The van der Waals surface area contributed by atoms with Crippen LogP contribution in [0, 0.1) is 5.82 Å². The summed E-state index contributed by atoms with van der Waals surface area (Å²) in [4.78, 5) is 23.1. The van der Waals surface area contributed by atoms with E-state index in [2.05, 4.69) is 10.6 Å². The summed E-state index contributed by atoms with van der Waals surface area (Å²) in [6.07, 6.45) is -0.924. The zero-order chi connectivity index (χ0) is 18.2. The van der Waals surface area contributed by atoms with Crippen molar-refractivity contribution in [2.24, 2.45) is 0 Å². The number of amides is 2. The number of halogens is 1. The number of benzene rings is 2. The number of aliphatic hydroxyl groups is 1. The monoisotopic (exact) mass is 346 g/mol. The van der Waals surface area contributed by atoms with Crippen molar-refractivity contribution in [3.8, 4) is 5.75 Å². The van der Waals surface area contributed by atoms with Gasteiger partial charge in [0.25, 0.3) is 5.91 Å². The summed E-state index contributed by atoms with van der Waals surface area (Å²) in [6, 6.07) is 11.9. The van der Waals surface area contributed by atoms with Crippen LogP contribution in [0.25, 0.3) is 0 Å². The van der Waals surface area contributed by atoms with Gasteiger partial charge in [-0.1, -0.05) is 6.07 Å². The van der Waals surface area contributed by atoms with E-state index in [0.717, 1.165) is 0 Å². The van der Waals surface area contributed by atoms with Crippen molar-refractivity contribution in [1.82, 2.24) is 5.32 Å². The van der Waals surface area contributed by atoms with Crippen molar-refractivity contribution in [2.75, 3.05) is 18.5 Å². The molecule has 0 spiro atoms. The first kappa shape index (κ1) is 18.4. The molecular weight excluding hydrogens is 327 g/mol. The van der Waals surface area contributed by atoms with Gasteiger partial charge < -0.3 is 20.5 Å². The summed E-state index contributed by atoms with van der Waals surface area (Å²) < 4.78 is 18.1. The van der Waals surface area contributed by atoms with Gasteiger partial charge in [-0.3, -0.25) is 9.59 Å². The molecule has 3 N–H and O–H groups in total. The predicted molar refractivity (Wildman–Crippen MR) is 91.0 cm³/mol. The van der Waals surface area contributed by atoms with Crippen molar-refractivity contribution in [1.29, 1.82) is 0 Å². The third-order valence-electron chi connectivity index (χ3n) is 3.20. The first-order valence-electron chi connectivity index (χ1n) is 7.66. The molecule has 0 aliphatic carbocycles. The molecule has 2 amide bonds. The minimum absolute atomic E-state index is 0.00953. The van der Waals surface area contributed by atoms with Crippen molar-refractivity contribution in [3.05, 3.63) is 59.9 Å².